The highest BCUT2D eigenvalue weighted by atomic mass is 16.5. The number of carbonyl (C=O) groups is 1. The molecule has 0 aliphatic carbocycles. The standard InChI is InChI=1S/C14H15NO3/c1-8(2)18-12-6-4-5-10-9(3)7-11(14(16)17)15-13(10)12/h4-8H,1-3H3,(H,16,17). The van der Waals surface area contributed by atoms with Crippen molar-refractivity contribution in [3.63, 3.8) is 0 Å². The summed E-state index contributed by atoms with van der Waals surface area (Å²) in [6.07, 6.45) is 0.0196. The summed E-state index contributed by atoms with van der Waals surface area (Å²) in [6, 6.07) is 7.18. The Labute approximate surface area is 105 Å². The number of aromatic carboxylic acids is 1. The predicted octanol–water partition coefficient (Wildman–Crippen LogP) is 3.03. The summed E-state index contributed by atoms with van der Waals surface area (Å²) in [5, 5.41) is 9.95. The molecule has 2 aromatic rings. The zero-order valence-electron chi connectivity index (χ0n) is 10.6. The Morgan fingerprint density at radius 2 is 2.11 bits per heavy atom. The van der Waals surface area contributed by atoms with Gasteiger partial charge in [0.25, 0.3) is 0 Å². The molecule has 0 aliphatic heterocycles. The molecule has 1 aromatic carbocycles. The van der Waals surface area contributed by atoms with Gasteiger partial charge in [-0.2, -0.15) is 0 Å². The Morgan fingerprint density at radius 3 is 2.72 bits per heavy atom. The summed E-state index contributed by atoms with van der Waals surface area (Å²) >= 11 is 0. The normalized spacial score (nSPS) is 10.9. The number of aryl methyl sites for hydroxylation is 1. The SMILES string of the molecule is Cc1cc(C(=O)O)nc2c(OC(C)C)cccc12. The second-order valence-corrected chi connectivity index (χ2v) is 4.45. The van der Waals surface area contributed by atoms with Gasteiger partial charge in [0.2, 0.25) is 0 Å². The van der Waals surface area contributed by atoms with Crippen LogP contribution >= 0.6 is 0 Å². The highest BCUT2D eigenvalue weighted by molar-refractivity contribution is 5.93. The van der Waals surface area contributed by atoms with Crippen molar-refractivity contribution < 1.29 is 14.6 Å². The van der Waals surface area contributed by atoms with Crippen LogP contribution in [0.3, 0.4) is 0 Å². The molecule has 0 fully saturated rings. The average Bonchev–Trinajstić information content (AvgIpc) is 2.29. The lowest BCUT2D eigenvalue weighted by Gasteiger charge is -2.13. The molecule has 18 heavy (non-hydrogen) atoms. The second-order valence-electron chi connectivity index (χ2n) is 4.45. The lowest BCUT2D eigenvalue weighted by Crippen LogP contribution is -2.07. The van der Waals surface area contributed by atoms with E-state index in [2.05, 4.69) is 4.98 Å². The van der Waals surface area contributed by atoms with Crippen LogP contribution in [0.4, 0.5) is 0 Å². The molecular formula is C14H15NO3. The molecule has 0 atom stereocenters. The number of ether oxygens (including phenoxy) is 1. The van der Waals surface area contributed by atoms with Gasteiger partial charge in [0.1, 0.15) is 17.0 Å². The minimum absolute atomic E-state index is 0.0196. The number of benzene rings is 1. The molecule has 1 heterocycles. The first kappa shape index (κ1) is 12.4. The molecule has 94 valence electrons. The monoisotopic (exact) mass is 245 g/mol. The third-order valence-electron chi connectivity index (χ3n) is 2.59. The van der Waals surface area contributed by atoms with Gasteiger partial charge in [-0.05, 0) is 38.5 Å². The Kier molecular flexibility index (Phi) is 3.19. The summed E-state index contributed by atoms with van der Waals surface area (Å²) < 4.78 is 5.66. The minimum atomic E-state index is -1.03. The van der Waals surface area contributed by atoms with Gasteiger partial charge < -0.3 is 9.84 Å². The lowest BCUT2D eigenvalue weighted by molar-refractivity contribution is 0.0691. The number of rotatable bonds is 3. The van der Waals surface area contributed by atoms with Gasteiger partial charge in [-0.1, -0.05) is 12.1 Å². The van der Waals surface area contributed by atoms with E-state index in [-0.39, 0.29) is 11.8 Å². The molecule has 1 aromatic heterocycles. The zero-order chi connectivity index (χ0) is 13.3. The number of para-hydroxylation sites is 1. The van der Waals surface area contributed by atoms with Crippen molar-refractivity contribution in [3.8, 4) is 5.75 Å². The third-order valence-corrected chi connectivity index (χ3v) is 2.59. The number of carboxylic acid groups (broad SMARTS) is 1. The number of pyridine rings is 1. The molecule has 0 saturated carbocycles. The number of fused-ring (bicyclic) bond motifs is 1. The first-order valence-corrected chi connectivity index (χ1v) is 5.79. The number of carboxylic acids is 1. The Hall–Kier alpha value is -2.10. The fraction of sp³-hybridized carbons (Fsp3) is 0.286. The van der Waals surface area contributed by atoms with Crippen LogP contribution < -0.4 is 4.74 Å². The Morgan fingerprint density at radius 1 is 1.39 bits per heavy atom. The largest absolute Gasteiger partial charge is 0.489 e. The number of hydrogen-bond acceptors (Lipinski definition) is 3. The van der Waals surface area contributed by atoms with Gasteiger partial charge in [-0.15, -0.1) is 0 Å². The summed E-state index contributed by atoms with van der Waals surface area (Å²) in [5.74, 6) is -0.409. The maximum absolute atomic E-state index is 11.0. The van der Waals surface area contributed by atoms with Crippen LogP contribution in [0.5, 0.6) is 5.75 Å². The second kappa shape index (κ2) is 4.64. The van der Waals surface area contributed by atoms with E-state index in [9.17, 15) is 4.79 Å². The van der Waals surface area contributed by atoms with E-state index in [0.29, 0.717) is 11.3 Å². The van der Waals surface area contributed by atoms with E-state index in [4.69, 9.17) is 9.84 Å². The summed E-state index contributed by atoms with van der Waals surface area (Å²) in [5.41, 5.74) is 1.52. The first-order chi connectivity index (χ1) is 8.49. The lowest BCUT2D eigenvalue weighted by atomic mass is 10.1. The summed E-state index contributed by atoms with van der Waals surface area (Å²) in [7, 11) is 0. The fourth-order valence-corrected chi connectivity index (χ4v) is 1.85. The van der Waals surface area contributed by atoms with Crippen LogP contribution in [-0.2, 0) is 0 Å². The molecule has 2 rings (SSSR count). The van der Waals surface area contributed by atoms with Crippen LogP contribution in [0.1, 0.15) is 29.9 Å². The number of aromatic nitrogens is 1. The molecule has 0 aliphatic rings. The molecule has 0 bridgehead atoms. The smallest absolute Gasteiger partial charge is 0.354 e. The van der Waals surface area contributed by atoms with Crippen LogP contribution in [0, 0.1) is 6.92 Å². The molecule has 0 amide bonds. The van der Waals surface area contributed by atoms with Crippen molar-refractivity contribution in [2.75, 3.05) is 0 Å². The van der Waals surface area contributed by atoms with Gasteiger partial charge in [0, 0.05) is 5.39 Å². The molecule has 1 N–H and O–H groups in total. The van der Waals surface area contributed by atoms with Gasteiger partial charge in [-0.25, -0.2) is 9.78 Å². The van der Waals surface area contributed by atoms with E-state index in [0.717, 1.165) is 10.9 Å². The highest BCUT2D eigenvalue weighted by Gasteiger charge is 2.12. The average molecular weight is 245 g/mol. The van der Waals surface area contributed by atoms with Crippen molar-refractivity contribution in [1.82, 2.24) is 4.98 Å². The zero-order valence-corrected chi connectivity index (χ0v) is 10.6. The minimum Gasteiger partial charge on any atom is -0.489 e. The van der Waals surface area contributed by atoms with Crippen molar-refractivity contribution in [3.05, 3.63) is 35.5 Å². The van der Waals surface area contributed by atoms with Gasteiger partial charge >= 0.3 is 5.97 Å². The van der Waals surface area contributed by atoms with Gasteiger partial charge in [0.05, 0.1) is 6.10 Å². The maximum Gasteiger partial charge on any atom is 0.354 e. The van der Waals surface area contributed by atoms with E-state index in [1.807, 2.05) is 32.9 Å². The number of hydrogen-bond donors (Lipinski definition) is 1. The van der Waals surface area contributed by atoms with Crippen molar-refractivity contribution in [2.24, 2.45) is 0 Å². The third kappa shape index (κ3) is 2.27. The van der Waals surface area contributed by atoms with E-state index in [1.165, 1.54) is 0 Å². The van der Waals surface area contributed by atoms with Crippen LogP contribution in [0.15, 0.2) is 24.3 Å². The van der Waals surface area contributed by atoms with E-state index >= 15 is 0 Å². The Balaban J connectivity index is 2.69. The first-order valence-electron chi connectivity index (χ1n) is 5.79. The highest BCUT2D eigenvalue weighted by Crippen LogP contribution is 2.27. The fourth-order valence-electron chi connectivity index (χ4n) is 1.85. The van der Waals surface area contributed by atoms with E-state index in [1.54, 1.807) is 12.1 Å². The molecule has 0 radical (unpaired) electrons. The van der Waals surface area contributed by atoms with Gasteiger partial charge in [0.15, 0.2) is 0 Å². The molecule has 4 nitrogen and oxygen atoms in total. The van der Waals surface area contributed by atoms with Crippen LogP contribution in [0.2, 0.25) is 0 Å². The van der Waals surface area contributed by atoms with Crippen molar-refractivity contribution in [2.45, 2.75) is 26.9 Å². The van der Waals surface area contributed by atoms with Gasteiger partial charge in [-0.3, -0.25) is 0 Å². The molecule has 4 heteroatoms. The Bertz CT molecular complexity index is 605. The van der Waals surface area contributed by atoms with Crippen LogP contribution in [-0.4, -0.2) is 22.2 Å². The molecule has 0 saturated heterocycles. The van der Waals surface area contributed by atoms with Crippen LogP contribution in [0.25, 0.3) is 10.9 Å². The maximum atomic E-state index is 11.0. The quantitative estimate of drug-likeness (QED) is 0.902. The van der Waals surface area contributed by atoms with Crippen molar-refractivity contribution in [1.29, 1.82) is 0 Å². The van der Waals surface area contributed by atoms with E-state index < -0.39 is 5.97 Å². The summed E-state index contributed by atoms with van der Waals surface area (Å²) in [4.78, 5) is 15.2. The van der Waals surface area contributed by atoms with Crippen molar-refractivity contribution >= 4 is 16.9 Å². The predicted molar refractivity (Wildman–Crippen MR) is 69.2 cm³/mol. The number of nitrogens with zero attached hydrogens (tertiary/aromatic N) is 1. The summed E-state index contributed by atoms with van der Waals surface area (Å²) in [6.45, 7) is 5.72. The topological polar surface area (TPSA) is 59.4 Å². The molecule has 0 unspecified atom stereocenters. The molecular weight excluding hydrogens is 230 g/mol. The molecule has 0 spiro atoms.